The standard InChI is InChI=1S/C19H26N4O2/c1-15(16-3-5-17(6-4-16)23-11-10-20-14-23)22-18(25)21-13-19(9-12-24)7-2-8-19/h3-6,10-11,14-15,24H,2,7-9,12-13H2,1H3,(H2,21,22,25). The van der Waals surface area contributed by atoms with Gasteiger partial charge in [-0.15, -0.1) is 0 Å². The van der Waals surface area contributed by atoms with Gasteiger partial charge >= 0.3 is 6.03 Å². The molecule has 0 saturated heterocycles. The predicted octanol–water partition coefficient (Wildman–Crippen LogP) is 2.79. The van der Waals surface area contributed by atoms with Gasteiger partial charge < -0.3 is 20.3 Å². The van der Waals surface area contributed by atoms with Crippen LogP contribution < -0.4 is 10.6 Å². The summed E-state index contributed by atoms with van der Waals surface area (Å²) in [5.41, 5.74) is 2.18. The Morgan fingerprint density at radius 2 is 2.12 bits per heavy atom. The molecule has 25 heavy (non-hydrogen) atoms. The number of imidazole rings is 1. The number of rotatable bonds is 7. The largest absolute Gasteiger partial charge is 0.396 e. The van der Waals surface area contributed by atoms with Crippen LogP contribution in [-0.4, -0.2) is 33.8 Å². The van der Waals surface area contributed by atoms with Gasteiger partial charge in [0.15, 0.2) is 0 Å². The Kier molecular flexibility index (Phi) is 5.38. The van der Waals surface area contributed by atoms with E-state index in [-0.39, 0.29) is 24.1 Å². The first-order valence-corrected chi connectivity index (χ1v) is 8.85. The molecular weight excluding hydrogens is 316 g/mol. The van der Waals surface area contributed by atoms with E-state index < -0.39 is 0 Å². The summed E-state index contributed by atoms with van der Waals surface area (Å²) in [4.78, 5) is 16.2. The molecule has 1 aromatic carbocycles. The topological polar surface area (TPSA) is 79.2 Å². The zero-order valence-electron chi connectivity index (χ0n) is 14.6. The SMILES string of the molecule is CC(NC(=O)NCC1(CCO)CCC1)c1ccc(-n2ccnc2)cc1. The van der Waals surface area contributed by atoms with Crippen molar-refractivity contribution in [3.05, 3.63) is 48.5 Å². The summed E-state index contributed by atoms with van der Waals surface area (Å²) in [5.74, 6) is 0. The highest BCUT2D eigenvalue weighted by atomic mass is 16.3. The maximum absolute atomic E-state index is 12.2. The molecule has 1 atom stereocenters. The quantitative estimate of drug-likeness (QED) is 0.724. The fraction of sp³-hybridized carbons (Fsp3) is 0.474. The summed E-state index contributed by atoms with van der Waals surface area (Å²) in [6.07, 6.45) is 9.51. The fourth-order valence-electron chi connectivity index (χ4n) is 3.37. The minimum absolute atomic E-state index is 0.0768. The average Bonchev–Trinajstić information content (AvgIpc) is 3.12. The highest BCUT2D eigenvalue weighted by Crippen LogP contribution is 2.43. The lowest BCUT2D eigenvalue weighted by atomic mass is 9.67. The number of aliphatic hydroxyl groups is 1. The lowest BCUT2D eigenvalue weighted by molar-refractivity contribution is 0.0883. The van der Waals surface area contributed by atoms with Gasteiger partial charge in [0.2, 0.25) is 0 Å². The Labute approximate surface area is 148 Å². The third kappa shape index (κ3) is 4.20. The molecule has 1 aromatic heterocycles. The molecule has 1 unspecified atom stereocenters. The zero-order chi connectivity index (χ0) is 17.7. The van der Waals surface area contributed by atoms with Crippen molar-refractivity contribution in [2.45, 2.75) is 38.6 Å². The molecule has 2 amide bonds. The van der Waals surface area contributed by atoms with Crippen molar-refractivity contribution < 1.29 is 9.90 Å². The van der Waals surface area contributed by atoms with Gasteiger partial charge in [-0.3, -0.25) is 0 Å². The lowest BCUT2D eigenvalue weighted by Gasteiger charge is -2.41. The van der Waals surface area contributed by atoms with Gasteiger partial charge in [-0.05, 0) is 49.3 Å². The van der Waals surface area contributed by atoms with Gasteiger partial charge in [0.25, 0.3) is 0 Å². The molecule has 0 spiro atoms. The summed E-state index contributed by atoms with van der Waals surface area (Å²) in [7, 11) is 0. The smallest absolute Gasteiger partial charge is 0.315 e. The van der Waals surface area contributed by atoms with Crippen LogP contribution in [0.25, 0.3) is 5.69 Å². The number of carbonyl (C=O) groups excluding carboxylic acids is 1. The second kappa shape index (κ2) is 7.70. The van der Waals surface area contributed by atoms with Crippen molar-refractivity contribution >= 4 is 6.03 Å². The molecule has 1 aliphatic rings. The number of nitrogens with zero attached hydrogens (tertiary/aromatic N) is 2. The molecular formula is C19H26N4O2. The van der Waals surface area contributed by atoms with Crippen LogP contribution in [0.15, 0.2) is 43.0 Å². The Bertz CT molecular complexity index is 678. The summed E-state index contributed by atoms with van der Waals surface area (Å²) in [6, 6.07) is 7.82. The van der Waals surface area contributed by atoms with E-state index in [0.717, 1.165) is 30.5 Å². The van der Waals surface area contributed by atoms with E-state index in [0.29, 0.717) is 6.54 Å². The van der Waals surface area contributed by atoms with Gasteiger partial charge in [0.05, 0.1) is 12.4 Å². The first-order chi connectivity index (χ1) is 12.1. The van der Waals surface area contributed by atoms with Crippen molar-refractivity contribution in [1.29, 1.82) is 0 Å². The maximum atomic E-state index is 12.2. The van der Waals surface area contributed by atoms with E-state index >= 15 is 0 Å². The van der Waals surface area contributed by atoms with Gasteiger partial charge in [0.1, 0.15) is 0 Å². The Balaban J connectivity index is 1.51. The van der Waals surface area contributed by atoms with Gasteiger partial charge in [-0.1, -0.05) is 18.6 Å². The molecule has 1 fully saturated rings. The number of aliphatic hydroxyl groups excluding tert-OH is 1. The number of hydrogen-bond acceptors (Lipinski definition) is 3. The monoisotopic (exact) mass is 342 g/mol. The first-order valence-electron chi connectivity index (χ1n) is 8.85. The van der Waals surface area contributed by atoms with E-state index in [4.69, 9.17) is 0 Å². The summed E-state index contributed by atoms with van der Waals surface area (Å²) < 4.78 is 1.94. The molecule has 3 rings (SSSR count). The molecule has 134 valence electrons. The lowest BCUT2D eigenvalue weighted by Crippen LogP contribution is -2.46. The van der Waals surface area contributed by atoms with Crippen LogP contribution in [0.5, 0.6) is 0 Å². The number of urea groups is 1. The molecule has 6 nitrogen and oxygen atoms in total. The van der Waals surface area contributed by atoms with E-state index in [9.17, 15) is 9.90 Å². The van der Waals surface area contributed by atoms with E-state index in [2.05, 4.69) is 15.6 Å². The Hall–Kier alpha value is -2.34. The van der Waals surface area contributed by atoms with Crippen molar-refractivity contribution in [2.24, 2.45) is 5.41 Å². The molecule has 0 bridgehead atoms. The van der Waals surface area contributed by atoms with Gasteiger partial charge in [0, 0.05) is 31.2 Å². The van der Waals surface area contributed by atoms with Gasteiger partial charge in [-0.25, -0.2) is 9.78 Å². The second-order valence-electron chi connectivity index (χ2n) is 6.94. The van der Waals surface area contributed by atoms with E-state index in [1.165, 1.54) is 6.42 Å². The van der Waals surface area contributed by atoms with Crippen LogP contribution in [0.1, 0.15) is 44.2 Å². The minimum Gasteiger partial charge on any atom is -0.396 e. The molecule has 1 aliphatic carbocycles. The van der Waals surface area contributed by atoms with Crippen LogP contribution in [0.3, 0.4) is 0 Å². The number of amides is 2. The van der Waals surface area contributed by atoms with Crippen molar-refractivity contribution in [1.82, 2.24) is 20.2 Å². The summed E-state index contributed by atoms with van der Waals surface area (Å²) >= 11 is 0. The average molecular weight is 342 g/mol. The van der Waals surface area contributed by atoms with Crippen LogP contribution in [0.4, 0.5) is 4.79 Å². The van der Waals surface area contributed by atoms with Crippen LogP contribution in [0, 0.1) is 5.41 Å². The van der Waals surface area contributed by atoms with Crippen molar-refractivity contribution in [2.75, 3.05) is 13.2 Å². The number of hydrogen-bond donors (Lipinski definition) is 3. The van der Waals surface area contributed by atoms with Crippen LogP contribution in [-0.2, 0) is 0 Å². The van der Waals surface area contributed by atoms with Crippen molar-refractivity contribution in [3.63, 3.8) is 0 Å². The molecule has 1 saturated carbocycles. The zero-order valence-corrected chi connectivity index (χ0v) is 14.6. The highest BCUT2D eigenvalue weighted by molar-refractivity contribution is 5.74. The van der Waals surface area contributed by atoms with Crippen LogP contribution in [0.2, 0.25) is 0 Å². The fourth-order valence-corrected chi connectivity index (χ4v) is 3.37. The molecule has 6 heteroatoms. The van der Waals surface area contributed by atoms with Crippen LogP contribution >= 0.6 is 0 Å². The predicted molar refractivity (Wildman–Crippen MR) is 96.5 cm³/mol. The van der Waals surface area contributed by atoms with E-state index in [1.54, 1.807) is 12.5 Å². The Morgan fingerprint density at radius 3 is 2.68 bits per heavy atom. The molecule has 2 aromatic rings. The third-order valence-electron chi connectivity index (χ3n) is 5.22. The normalized spacial score (nSPS) is 16.7. The number of benzene rings is 1. The number of aromatic nitrogens is 2. The Morgan fingerprint density at radius 1 is 1.36 bits per heavy atom. The summed E-state index contributed by atoms with van der Waals surface area (Å²) in [5, 5.41) is 15.1. The third-order valence-corrected chi connectivity index (χ3v) is 5.22. The number of carbonyl (C=O) groups is 1. The summed E-state index contributed by atoms with van der Waals surface area (Å²) in [6.45, 7) is 2.79. The van der Waals surface area contributed by atoms with Crippen molar-refractivity contribution in [3.8, 4) is 5.69 Å². The van der Waals surface area contributed by atoms with E-state index in [1.807, 2.05) is 42.0 Å². The number of nitrogens with one attached hydrogen (secondary N) is 2. The molecule has 0 radical (unpaired) electrons. The van der Waals surface area contributed by atoms with Gasteiger partial charge in [-0.2, -0.15) is 0 Å². The maximum Gasteiger partial charge on any atom is 0.315 e. The first kappa shape index (κ1) is 17.5. The molecule has 3 N–H and O–H groups in total. The minimum atomic E-state index is -0.157. The highest BCUT2D eigenvalue weighted by Gasteiger charge is 2.36. The second-order valence-corrected chi connectivity index (χ2v) is 6.94. The molecule has 1 heterocycles. The molecule has 0 aliphatic heterocycles.